The topological polar surface area (TPSA) is 52.5 Å². The zero-order valence-corrected chi connectivity index (χ0v) is 11.7. The smallest absolute Gasteiger partial charge is 0.104 e. The predicted molar refractivity (Wildman–Crippen MR) is 80.2 cm³/mol. The van der Waals surface area contributed by atoms with Crippen LogP contribution in [0.15, 0.2) is 60.7 Å². The van der Waals surface area contributed by atoms with Crippen molar-refractivity contribution >= 4 is 0 Å². The minimum absolute atomic E-state index is 0.130. The van der Waals surface area contributed by atoms with Crippen LogP contribution in [0.4, 0.5) is 0 Å². The molecule has 20 heavy (non-hydrogen) atoms. The third-order valence-electron chi connectivity index (χ3n) is 3.61. The third kappa shape index (κ3) is 3.45. The highest BCUT2D eigenvalue weighted by Gasteiger charge is 2.32. The Labute approximate surface area is 119 Å². The molecule has 2 atom stereocenters. The number of rotatable bonds is 6. The molecular formula is C17H21NO2. The van der Waals surface area contributed by atoms with Crippen molar-refractivity contribution in [2.45, 2.75) is 25.1 Å². The van der Waals surface area contributed by atoms with Crippen molar-refractivity contribution in [3.63, 3.8) is 0 Å². The van der Waals surface area contributed by atoms with Crippen molar-refractivity contribution in [1.82, 2.24) is 5.32 Å². The Morgan fingerprint density at radius 2 is 1.55 bits per heavy atom. The van der Waals surface area contributed by atoms with E-state index in [0.717, 1.165) is 11.1 Å². The van der Waals surface area contributed by atoms with Crippen LogP contribution in [0.25, 0.3) is 0 Å². The normalized spacial score (nSPS) is 15.6. The quantitative estimate of drug-likeness (QED) is 0.753. The SMILES string of the molecule is C[C@@](O)(c1ccccc1)[C@H](CO)NCc1ccccc1. The Balaban J connectivity index is 2.08. The van der Waals surface area contributed by atoms with Gasteiger partial charge >= 0.3 is 0 Å². The van der Waals surface area contributed by atoms with Crippen LogP contribution in [0.5, 0.6) is 0 Å². The molecule has 0 aliphatic carbocycles. The molecule has 2 aromatic rings. The van der Waals surface area contributed by atoms with E-state index in [2.05, 4.69) is 5.32 Å². The fraction of sp³-hybridized carbons (Fsp3) is 0.294. The standard InChI is InChI=1S/C17H21NO2/c1-17(20,15-10-6-3-7-11-15)16(13-19)18-12-14-8-4-2-5-9-14/h2-11,16,18-20H,12-13H2,1H3/t16-,17+/m0/s1. The van der Waals surface area contributed by atoms with E-state index in [4.69, 9.17) is 0 Å². The first kappa shape index (κ1) is 14.7. The average molecular weight is 271 g/mol. The summed E-state index contributed by atoms with van der Waals surface area (Å²) in [6, 6.07) is 18.9. The van der Waals surface area contributed by atoms with Gasteiger partial charge in [0.15, 0.2) is 0 Å². The zero-order valence-electron chi connectivity index (χ0n) is 11.7. The van der Waals surface area contributed by atoms with E-state index in [1.807, 2.05) is 60.7 Å². The monoisotopic (exact) mass is 271 g/mol. The van der Waals surface area contributed by atoms with E-state index in [9.17, 15) is 10.2 Å². The number of benzene rings is 2. The van der Waals surface area contributed by atoms with Crippen LogP contribution in [0.2, 0.25) is 0 Å². The van der Waals surface area contributed by atoms with Crippen molar-refractivity contribution in [2.75, 3.05) is 6.61 Å². The summed E-state index contributed by atoms with van der Waals surface area (Å²) in [4.78, 5) is 0. The first-order valence-corrected chi connectivity index (χ1v) is 6.80. The van der Waals surface area contributed by atoms with Gasteiger partial charge in [-0.15, -0.1) is 0 Å². The summed E-state index contributed by atoms with van der Waals surface area (Å²) in [6.07, 6.45) is 0. The van der Waals surface area contributed by atoms with Crippen LogP contribution in [0.1, 0.15) is 18.1 Å². The lowest BCUT2D eigenvalue weighted by atomic mass is 9.88. The Bertz CT molecular complexity index is 511. The van der Waals surface area contributed by atoms with Gasteiger partial charge in [-0.25, -0.2) is 0 Å². The molecule has 0 amide bonds. The van der Waals surface area contributed by atoms with Gasteiger partial charge in [-0.3, -0.25) is 0 Å². The van der Waals surface area contributed by atoms with Gasteiger partial charge in [0.05, 0.1) is 12.6 Å². The number of hydrogen-bond donors (Lipinski definition) is 3. The van der Waals surface area contributed by atoms with Gasteiger partial charge in [0.1, 0.15) is 5.60 Å². The van der Waals surface area contributed by atoms with E-state index >= 15 is 0 Å². The molecule has 0 unspecified atom stereocenters. The molecule has 106 valence electrons. The van der Waals surface area contributed by atoms with Crippen LogP contribution in [-0.4, -0.2) is 22.9 Å². The van der Waals surface area contributed by atoms with E-state index < -0.39 is 11.6 Å². The van der Waals surface area contributed by atoms with Crippen LogP contribution in [0, 0.1) is 0 Å². The average Bonchev–Trinajstić information content (AvgIpc) is 2.49. The molecule has 0 fully saturated rings. The molecule has 3 heteroatoms. The number of aliphatic hydroxyl groups is 2. The van der Waals surface area contributed by atoms with Gasteiger partial charge in [0.25, 0.3) is 0 Å². The molecule has 0 aliphatic heterocycles. The fourth-order valence-electron chi connectivity index (χ4n) is 2.25. The summed E-state index contributed by atoms with van der Waals surface area (Å²) >= 11 is 0. The lowest BCUT2D eigenvalue weighted by Gasteiger charge is -2.33. The van der Waals surface area contributed by atoms with Gasteiger partial charge in [-0.2, -0.15) is 0 Å². The molecule has 3 N–H and O–H groups in total. The highest BCUT2D eigenvalue weighted by atomic mass is 16.3. The van der Waals surface area contributed by atoms with Crippen molar-refractivity contribution < 1.29 is 10.2 Å². The number of hydrogen-bond acceptors (Lipinski definition) is 3. The van der Waals surface area contributed by atoms with Crippen LogP contribution in [-0.2, 0) is 12.1 Å². The molecule has 0 saturated heterocycles. The van der Waals surface area contributed by atoms with Gasteiger partial charge in [0, 0.05) is 6.54 Å². The minimum Gasteiger partial charge on any atom is -0.395 e. The van der Waals surface area contributed by atoms with Crippen LogP contribution in [0.3, 0.4) is 0 Å². The summed E-state index contributed by atoms with van der Waals surface area (Å²) in [5.74, 6) is 0. The summed E-state index contributed by atoms with van der Waals surface area (Å²) in [6.45, 7) is 2.20. The second kappa shape index (κ2) is 6.66. The summed E-state index contributed by atoms with van der Waals surface area (Å²) in [5, 5.41) is 23.5. The number of nitrogens with one attached hydrogen (secondary N) is 1. The molecule has 0 radical (unpaired) electrons. The van der Waals surface area contributed by atoms with Crippen LogP contribution < -0.4 is 5.32 Å². The molecule has 0 saturated carbocycles. The lowest BCUT2D eigenvalue weighted by molar-refractivity contribution is -0.00657. The molecule has 2 aromatic carbocycles. The molecule has 0 aliphatic rings. The molecule has 0 aromatic heterocycles. The first-order valence-electron chi connectivity index (χ1n) is 6.80. The molecule has 0 spiro atoms. The molecule has 3 nitrogen and oxygen atoms in total. The van der Waals surface area contributed by atoms with E-state index in [1.54, 1.807) is 6.92 Å². The van der Waals surface area contributed by atoms with E-state index in [0.29, 0.717) is 6.54 Å². The maximum atomic E-state index is 10.7. The summed E-state index contributed by atoms with van der Waals surface area (Å²) in [5.41, 5.74) is 0.791. The van der Waals surface area contributed by atoms with Gasteiger partial charge in [0.2, 0.25) is 0 Å². The lowest BCUT2D eigenvalue weighted by Crippen LogP contribution is -2.48. The fourth-order valence-corrected chi connectivity index (χ4v) is 2.25. The maximum absolute atomic E-state index is 10.7. The van der Waals surface area contributed by atoms with Crippen LogP contribution >= 0.6 is 0 Å². The van der Waals surface area contributed by atoms with Gasteiger partial charge < -0.3 is 15.5 Å². The molecule has 0 heterocycles. The Hall–Kier alpha value is -1.68. The van der Waals surface area contributed by atoms with E-state index in [-0.39, 0.29) is 6.61 Å². The van der Waals surface area contributed by atoms with Crippen molar-refractivity contribution in [1.29, 1.82) is 0 Å². The van der Waals surface area contributed by atoms with E-state index in [1.165, 1.54) is 0 Å². The summed E-state index contributed by atoms with van der Waals surface area (Å²) in [7, 11) is 0. The predicted octanol–water partition coefficient (Wildman–Crippen LogP) is 2.04. The summed E-state index contributed by atoms with van der Waals surface area (Å²) < 4.78 is 0. The van der Waals surface area contributed by atoms with Gasteiger partial charge in [-0.1, -0.05) is 60.7 Å². The molecule has 0 bridgehead atoms. The second-order valence-electron chi connectivity index (χ2n) is 5.12. The first-order chi connectivity index (χ1) is 9.64. The Morgan fingerprint density at radius 3 is 2.10 bits per heavy atom. The van der Waals surface area contributed by atoms with Crippen molar-refractivity contribution in [2.24, 2.45) is 0 Å². The highest BCUT2D eigenvalue weighted by Crippen LogP contribution is 2.24. The molecule has 2 rings (SSSR count). The second-order valence-corrected chi connectivity index (χ2v) is 5.12. The van der Waals surface area contributed by atoms with Crippen molar-refractivity contribution in [3.05, 3.63) is 71.8 Å². The largest absolute Gasteiger partial charge is 0.395 e. The molecular weight excluding hydrogens is 250 g/mol. The Morgan fingerprint density at radius 1 is 1.00 bits per heavy atom. The van der Waals surface area contributed by atoms with Crippen molar-refractivity contribution in [3.8, 4) is 0 Å². The minimum atomic E-state index is -1.12. The van der Waals surface area contributed by atoms with Gasteiger partial charge in [-0.05, 0) is 18.1 Å². The Kier molecular flexibility index (Phi) is 4.90. The highest BCUT2D eigenvalue weighted by molar-refractivity contribution is 5.24. The number of aliphatic hydroxyl groups excluding tert-OH is 1. The third-order valence-corrected chi connectivity index (χ3v) is 3.61. The zero-order chi connectivity index (χ0) is 14.4. The maximum Gasteiger partial charge on any atom is 0.104 e.